The Hall–Kier alpha value is -3.16. The number of amides is 1. The molecule has 5 nitrogen and oxygen atoms in total. The molecule has 0 atom stereocenters. The number of hydrogen-bond acceptors (Lipinski definition) is 4. The van der Waals surface area contributed by atoms with Gasteiger partial charge in [0.05, 0.1) is 16.8 Å². The molecule has 0 spiro atoms. The number of benzene rings is 2. The Labute approximate surface area is 140 Å². The first kappa shape index (κ1) is 18.2. The van der Waals surface area contributed by atoms with Crippen LogP contribution in [0.2, 0.25) is 0 Å². The lowest BCUT2D eigenvalue weighted by atomic mass is 10.1. The summed E-state index contributed by atoms with van der Waals surface area (Å²) >= 11 is 0. The molecule has 25 heavy (non-hydrogen) atoms. The normalized spacial score (nSPS) is 10.8. The van der Waals surface area contributed by atoms with E-state index in [0.29, 0.717) is 11.8 Å². The van der Waals surface area contributed by atoms with Crippen molar-refractivity contribution in [2.45, 2.75) is 6.18 Å². The maximum atomic E-state index is 12.8. The van der Waals surface area contributed by atoms with Crippen LogP contribution in [0.3, 0.4) is 0 Å². The number of alkyl halides is 3. The molecule has 0 aliphatic heterocycles. The zero-order valence-corrected chi connectivity index (χ0v) is 12.7. The molecule has 0 saturated heterocycles. The number of para-hydroxylation sites is 1. The van der Waals surface area contributed by atoms with Crippen LogP contribution in [-0.2, 0) is 15.7 Å². The number of nitrogens with one attached hydrogen (secondary N) is 1. The first-order valence-electron chi connectivity index (χ1n) is 6.99. The highest BCUT2D eigenvalue weighted by molar-refractivity contribution is 5.96. The first-order chi connectivity index (χ1) is 11.8. The van der Waals surface area contributed by atoms with Crippen molar-refractivity contribution in [3.63, 3.8) is 0 Å². The van der Waals surface area contributed by atoms with Gasteiger partial charge in [-0.1, -0.05) is 24.3 Å². The molecular weight excluding hydrogens is 339 g/mol. The van der Waals surface area contributed by atoms with E-state index in [4.69, 9.17) is 4.74 Å². The summed E-state index contributed by atoms with van der Waals surface area (Å²) < 4.78 is 43.2. The second-order valence-electron chi connectivity index (χ2n) is 4.91. The van der Waals surface area contributed by atoms with Gasteiger partial charge in [-0.15, -0.1) is 0 Å². The number of rotatable bonds is 5. The highest BCUT2D eigenvalue weighted by atomic mass is 19.4. The highest BCUT2D eigenvalue weighted by Crippen LogP contribution is 2.34. The Balaban J connectivity index is 1.97. The molecule has 8 heteroatoms. The van der Waals surface area contributed by atoms with E-state index in [0.717, 1.165) is 12.1 Å². The molecule has 2 aromatic carbocycles. The van der Waals surface area contributed by atoms with E-state index in [1.54, 1.807) is 0 Å². The fourth-order valence-corrected chi connectivity index (χ4v) is 1.94. The van der Waals surface area contributed by atoms with Gasteiger partial charge in [-0.25, -0.2) is 4.79 Å². The number of halogens is 3. The molecular formula is C17H12F3NO4. The summed E-state index contributed by atoms with van der Waals surface area (Å²) in [6.45, 7) is -0.750. The summed E-state index contributed by atoms with van der Waals surface area (Å²) in [5.41, 5.74) is -0.961. The Bertz CT molecular complexity index is 785. The standard InChI is InChI=1S/C17H12F3NO4/c18-17(19,20)13-3-1-2-4-14(13)21-15(23)10-25-16(24)12-7-5-11(9-22)6-8-12/h1-9H,10H2,(H,21,23). The van der Waals surface area contributed by atoms with Gasteiger partial charge < -0.3 is 10.1 Å². The first-order valence-corrected chi connectivity index (χ1v) is 6.99. The predicted octanol–water partition coefficient (Wildman–Crippen LogP) is 3.31. The van der Waals surface area contributed by atoms with Crippen LogP contribution in [0, 0.1) is 0 Å². The molecule has 0 heterocycles. The van der Waals surface area contributed by atoms with Crippen LogP contribution in [-0.4, -0.2) is 24.8 Å². The van der Waals surface area contributed by atoms with E-state index in [2.05, 4.69) is 5.32 Å². The molecule has 0 bridgehead atoms. The molecule has 0 unspecified atom stereocenters. The maximum Gasteiger partial charge on any atom is 0.418 e. The van der Waals surface area contributed by atoms with Crippen molar-refractivity contribution in [1.82, 2.24) is 0 Å². The van der Waals surface area contributed by atoms with Gasteiger partial charge in [-0.3, -0.25) is 9.59 Å². The van der Waals surface area contributed by atoms with Crippen molar-refractivity contribution < 1.29 is 32.3 Å². The molecule has 2 aromatic rings. The number of aldehydes is 1. The van der Waals surface area contributed by atoms with Gasteiger partial charge in [0.2, 0.25) is 0 Å². The molecule has 2 rings (SSSR count). The quantitative estimate of drug-likeness (QED) is 0.663. The smallest absolute Gasteiger partial charge is 0.418 e. The average molecular weight is 351 g/mol. The summed E-state index contributed by atoms with van der Waals surface area (Å²) in [6.07, 6.45) is -4.03. The van der Waals surface area contributed by atoms with E-state index < -0.39 is 35.9 Å². The second-order valence-corrected chi connectivity index (χ2v) is 4.91. The molecule has 130 valence electrons. The van der Waals surface area contributed by atoms with Gasteiger partial charge >= 0.3 is 12.1 Å². The Morgan fingerprint density at radius 2 is 1.68 bits per heavy atom. The summed E-state index contributed by atoms with van der Waals surface area (Å²) in [6, 6.07) is 9.92. The monoisotopic (exact) mass is 351 g/mol. The summed E-state index contributed by atoms with van der Waals surface area (Å²) in [7, 11) is 0. The Kier molecular flexibility index (Phi) is 5.53. The largest absolute Gasteiger partial charge is 0.452 e. The molecule has 1 N–H and O–H groups in total. The van der Waals surface area contributed by atoms with Gasteiger partial charge in [-0.05, 0) is 24.3 Å². The van der Waals surface area contributed by atoms with Gasteiger partial charge in [0.25, 0.3) is 5.91 Å². The van der Waals surface area contributed by atoms with Gasteiger partial charge in [0, 0.05) is 5.56 Å². The van der Waals surface area contributed by atoms with Crippen LogP contribution in [0.5, 0.6) is 0 Å². The second kappa shape index (κ2) is 7.61. The third-order valence-electron chi connectivity index (χ3n) is 3.12. The molecule has 0 aromatic heterocycles. The highest BCUT2D eigenvalue weighted by Gasteiger charge is 2.33. The fourth-order valence-electron chi connectivity index (χ4n) is 1.94. The SMILES string of the molecule is O=Cc1ccc(C(=O)OCC(=O)Nc2ccccc2C(F)(F)F)cc1. The minimum Gasteiger partial charge on any atom is -0.452 e. The summed E-state index contributed by atoms with van der Waals surface area (Å²) in [5.74, 6) is -1.74. The molecule has 0 fully saturated rings. The average Bonchev–Trinajstić information content (AvgIpc) is 2.59. The van der Waals surface area contributed by atoms with E-state index in [1.807, 2.05) is 0 Å². The predicted molar refractivity (Wildman–Crippen MR) is 82.2 cm³/mol. The van der Waals surface area contributed by atoms with Gasteiger partial charge in [0.15, 0.2) is 6.61 Å². The van der Waals surface area contributed by atoms with Crippen molar-refractivity contribution in [3.05, 3.63) is 65.2 Å². The fraction of sp³-hybridized carbons (Fsp3) is 0.118. The molecule has 0 radical (unpaired) electrons. The van der Waals surface area contributed by atoms with E-state index in [-0.39, 0.29) is 5.56 Å². The van der Waals surface area contributed by atoms with Crippen molar-refractivity contribution in [2.75, 3.05) is 11.9 Å². The van der Waals surface area contributed by atoms with Crippen molar-refractivity contribution >= 4 is 23.9 Å². The van der Waals surface area contributed by atoms with Crippen LogP contribution in [0.25, 0.3) is 0 Å². The Morgan fingerprint density at radius 1 is 1.04 bits per heavy atom. The van der Waals surface area contributed by atoms with Gasteiger partial charge in [-0.2, -0.15) is 13.2 Å². The number of ether oxygens (including phenoxy) is 1. The summed E-state index contributed by atoms with van der Waals surface area (Å²) in [4.78, 5) is 34.0. The lowest BCUT2D eigenvalue weighted by Gasteiger charge is -2.13. The zero-order valence-electron chi connectivity index (χ0n) is 12.7. The van der Waals surface area contributed by atoms with Crippen molar-refractivity contribution in [1.29, 1.82) is 0 Å². The van der Waals surface area contributed by atoms with E-state index in [9.17, 15) is 27.6 Å². The topological polar surface area (TPSA) is 72.5 Å². The third kappa shape index (κ3) is 4.90. The van der Waals surface area contributed by atoms with Crippen LogP contribution in [0.15, 0.2) is 48.5 Å². The minimum atomic E-state index is -4.62. The maximum absolute atomic E-state index is 12.8. The molecule has 0 saturated carbocycles. The van der Waals surface area contributed by atoms with E-state index in [1.165, 1.54) is 36.4 Å². The Morgan fingerprint density at radius 3 is 2.28 bits per heavy atom. The summed E-state index contributed by atoms with van der Waals surface area (Å²) in [5, 5.41) is 2.06. The van der Waals surface area contributed by atoms with Crippen LogP contribution in [0.4, 0.5) is 18.9 Å². The molecule has 0 aliphatic rings. The lowest BCUT2D eigenvalue weighted by Crippen LogP contribution is -2.22. The van der Waals surface area contributed by atoms with Crippen LogP contribution < -0.4 is 5.32 Å². The number of anilines is 1. The van der Waals surface area contributed by atoms with Crippen LogP contribution >= 0.6 is 0 Å². The zero-order chi connectivity index (χ0) is 18.4. The molecule has 0 aliphatic carbocycles. The van der Waals surface area contributed by atoms with Crippen LogP contribution in [0.1, 0.15) is 26.3 Å². The number of esters is 1. The molecule has 1 amide bonds. The van der Waals surface area contributed by atoms with Crippen molar-refractivity contribution in [3.8, 4) is 0 Å². The minimum absolute atomic E-state index is 0.106. The lowest BCUT2D eigenvalue weighted by molar-refractivity contribution is -0.137. The number of hydrogen-bond donors (Lipinski definition) is 1. The van der Waals surface area contributed by atoms with Gasteiger partial charge in [0.1, 0.15) is 6.29 Å². The van der Waals surface area contributed by atoms with Crippen molar-refractivity contribution in [2.24, 2.45) is 0 Å². The number of carbonyl (C=O) groups excluding carboxylic acids is 3. The third-order valence-corrected chi connectivity index (χ3v) is 3.12. The van der Waals surface area contributed by atoms with E-state index >= 15 is 0 Å². The number of carbonyl (C=O) groups is 3.